The van der Waals surface area contributed by atoms with Crippen molar-refractivity contribution in [1.29, 1.82) is 0 Å². The van der Waals surface area contributed by atoms with Crippen LogP contribution in [0.2, 0.25) is 0 Å². The molecular weight excluding hydrogens is 496 g/mol. The maximum atomic E-state index is 13.6. The van der Waals surface area contributed by atoms with Crippen LogP contribution in [-0.2, 0) is 14.8 Å². The molecule has 0 saturated heterocycles. The Morgan fingerprint density at radius 2 is 1.42 bits per heavy atom. The summed E-state index contributed by atoms with van der Waals surface area (Å²) < 4.78 is 39.3. The van der Waals surface area contributed by atoms with E-state index in [1.54, 1.807) is 48.5 Å². The van der Waals surface area contributed by atoms with Crippen molar-refractivity contribution in [2.75, 3.05) is 30.3 Å². The number of benzene rings is 3. The van der Waals surface area contributed by atoms with E-state index in [4.69, 9.17) is 9.47 Å². The summed E-state index contributed by atoms with van der Waals surface area (Å²) in [6.07, 6.45) is 1.92. The van der Waals surface area contributed by atoms with E-state index < -0.39 is 15.9 Å². The van der Waals surface area contributed by atoms with Gasteiger partial charge in [0.2, 0.25) is 5.91 Å². The SMILES string of the molecule is CCOc1ccc([C@H](C)NC(=O)CN(c2ccc(OCC)cc2)S(=O)(=O)c2ccc(SC)cc2)cc1. The van der Waals surface area contributed by atoms with E-state index in [0.29, 0.717) is 24.7 Å². The molecule has 0 heterocycles. The summed E-state index contributed by atoms with van der Waals surface area (Å²) in [5, 5.41) is 2.91. The van der Waals surface area contributed by atoms with Crippen molar-refractivity contribution in [3.8, 4) is 11.5 Å². The normalized spacial score (nSPS) is 12.0. The Morgan fingerprint density at radius 1 is 0.889 bits per heavy atom. The molecule has 36 heavy (non-hydrogen) atoms. The van der Waals surface area contributed by atoms with Crippen LogP contribution in [0.5, 0.6) is 11.5 Å². The maximum Gasteiger partial charge on any atom is 0.264 e. The van der Waals surface area contributed by atoms with Gasteiger partial charge < -0.3 is 14.8 Å². The fourth-order valence-electron chi connectivity index (χ4n) is 3.59. The molecule has 0 saturated carbocycles. The second-order valence-electron chi connectivity index (χ2n) is 7.91. The molecule has 7 nitrogen and oxygen atoms in total. The highest BCUT2D eigenvalue weighted by Crippen LogP contribution is 2.27. The Bertz CT molecular complexity index is 1230. The van der Waals surface area contributed by atoms with Gasteiger partial charge in [0.1, 0.15) is 18.0 Å². The van der Waals surface area contributed by atoms with Crippen LogP contribution >= 0.6 is 11.8 Å². The van der Waals surface area contributed by atoms with Crippen LogP contribution in [-0.4, -0.2) is 40.3 Å². The summed E-state index contributed by atoms with van der Waals surface area (Å²) in [6, 6.07) is 20.4. The largest absolute Gasteiger partial charge is 0.494 e. The zero-order valence-corrected chi connectivity index (χ0v) is 22.6. The number of nitrogens with zero attached hydrogens (tertiary/aromatic N) is 1. The van der Waals surface area contributed by atoms with Gasteiger partial charge in [0.15, 0.2) is 0 Å². The van der Waals surface area contributed by atoms with Crippen molar-refractivity contribution in [3.05, 3.63) is 78.4 Å². The van der Waals surface area contributed by atoms with Crippen LogP contribution in [0.3, 0.4) is 0 Å². The monoisotopic (exact) mass is 528 g/mol. The lowest BCUT2D eigenvalue weighted by molar-refractivity contribution is -0.120. The van der Waals surface area contributed by atoms with E-state index in [2.05, 4.69) is 5.32 Å². The number of hydrogen-bond donors (Lipinski definition) is 1. The van der Waals surface area contributed by atoms with E-state index >= 15 is 0 Å². The van der Waals surface area contributed by atoms with Crippen LogP contribution < -0.4 is 19.1 Å². The first kappa shape index (κ1) is 27.4. The molecule has 0 aliphatic rings. The Labute approximate surface area is 217 Å². The molecule has 3 aromatic rings. The summed E-state index contributed by atoms with van der Waals surface area (Å²) in [6.45, 7) is 6.33. The molecule has 3 aromatic carbocycles. The second-order valence-corrected chi connectivity index (χ2v) is 10.6. The minimum atomic E-state index is -4.01. The van der Waals surface area contributed by atoms with Gasteiger partial charge in [0.05, 0.1) is 29.8 Å². The Kier molecular flexibility index (Phi) is 9.66. The Hall–Kier alpha value is -3.17. The first-order valence-corrected chi connectivity index (χ1v) is 14.4. The molecule has 0 spiro atoms. The van der Waals surface area contributed by atoms with Crippen LogP contribution in [0, 0.1) is 0 Å². The molecule has 1 N–H and O–H groups in total. The molecule has 1 atom stereocenters. The van der Waals surface area contributed by atoms with E-state index in [1.165, 1.54) is 11.8 Å². The average Bonchev–Trinajstić information content (AvgIpc) is 2.88. The molecule has 0 bridgehead atoms. The van der Waals surface area contributed by atoms with Crippen molar-refractivity contribution in [2.45, 2.75) is 36.6 Å². The first-order chi connectivity index (χ1) is 17.3. The Balaban J connectivity index is 1.85. The van der Waals surface area contributed by atoms with Crippen LogP contribution in [0.15, 0.2) is 82.6 Å². The van der Waals surface area contributed by atoms with E-state index in [1.807, 2.05) is 51.3 Å². The molecule has 3 rings (SSSR count). The fourth-order valence-corrected chi connectivity index (χ4v) is 5.41. The van der Waals surface area contributed by atoms with E-state index in [0.717, 1.165) is 20.5 Å². The molecule has 192 valence electrons. The lowest BCUT2D eigenvalue weighted by Gasteiger charge is -2.25. The standard InChI is InChI=1S/C27H32N2O5S2/c1-5-33-23-11-7-21(8-12-23)20(3)28-27(30)19-29(22-9-13-24(14-10-22)34-6-2)36(31,32)26-17-15-25(35-4)16-18-26/h7-18,20H,5-6,19H2,1-4H3,(H,28,30)/t20-/m0/s1. The zero-order valence-electron chi connectivity index (χ0n) is 20.9. The highest BCUT2D eigenvalue weighted by Gasteiger charge is 2.28. The minimum absolute atomic E-state index is 0.113. The number of rotatable bonds is 12. The molecular formula is C27H32N2O5S2. The zero-order chi connectivity index (χ0) is 26.1. The molecule has 0 aliphatic heterocycles. The summed E-state index contributed by atoms with van der Waals surface area (Å²) >= 11 is 1.52. The van der Waals surface area contributed by atoms with Crippen molar-refractivity contribution in [2.24, 2.45) is 0 Å². The number of sulfonamides is 1. The quantitative estimate of drug-likeness (QED) is 0.322. The van der Waals surface area contributed by atoms with Gasteiger partial charge in [-0.3, -0.25) is 9.10 Å². The van der Waals surface area contributed by atoms with Gasteiger partial charge in [-0.2, -0.15) is 0 Å². The number of anilines is 1. The van der Waals surface area contributed by atoms with Gasteiger partial charge in [-0.25, -0.2) is 8.42 Å². The predicted molar refractivity (Wildman–Crippen MR) is 145 cm³/mol. The third-order valence-corrected chi connectivity index (χ3v) is 7.97. The molecule has 0 unspecified atom stereocenters. The summed E-state index contributed by atoms with van der Waals surface area (Å²) in [5.41, 5.74) is 1.26. The lowest BCUT2D eigenvalue weighted by atomic mass is 10.1. The highest BCUT2D eigenvalue weighted by atomic mass is 32.2. The van der Waals surface area contributed by atoms with E-state index in [9.17, 15) is 13.2 Å². The number of carbonyl (C=O) groups excluding carboxylic acids is 1. The van der Waals surface area contributed by atoms with Gasteiger partial charge in [0, 0.05) is 4.90 Å². The highest BCUT2D eigenvalue weighted by molar-refractivity contribution is 7.98. The van der Waals surface area contributed by atoms with Crippen LogP contribution in [0.1, 0.15) is 32.4 Å². The number of carbonyl (C=O) groups is 1. The van der Waals surface area contributed by atoms with Crippen molar-refractivity contribution >= 4 is 33.4 Å². The van der Waals surface area contributed by atoms with Gasteiger partial charge in [-0.05, 0) is 93.3 Å². The average molecular weight is 529 g/mol. The fraction of sp³-hybridized carbons (Fsp3) is 0.296. The number of amides is 1. The van der Waals surface area contributed by atoms with Crippen LogP contribution in [0.25, 0.3) is 0 Å². The molecule has 0 radical (unpaired) electrons. The Morgan fingerprint density at radius 3 is 1.92 bits per heavy atom. The van der Waals surface area contributed by atoms with Crippen molar-refractivity contribution < 1.29 is 22.7 Å². The third kappa shape index (κ3) is 6.95. The topological polar surface area (TPSA) is 84.9 Å². The van der Waals surface area contributed by atoms with Gasteiger partial charge in [-0.15, -0.1) is 11.8 Å². The molecule has 0 fully saturated rings. The van der Waals surface area contributed by atoms with E-state index in [-0.39, 0.29) is 17.5 Å². The van der Waals surface area contributed by atoms with Crippen molar-refractivity contribution in [1.82, 2.24) is 5.32 Å². The minimum Gasteiger partial charge on any atom is -0.494 e. The van der Waals surface area contributed by atoms with Gasteiger partial charge in [0.25, 0.3) is 10.0 Å². The summed E-state index contributed by atoms with van der Waals surface area (Å²) in [7, 11) is -4.01. The first-order valence-electron chi connectivity index (χ1n) is 11.7. The van der Waals surface area contributed by atoms with Gasteiger partial charge in [-0.1, -0.05) is 12.1 Å². The predicted octanol–water partition coefficient (Wildman–Crippen LogP) is 5.28. The number of hydrogen-bond acceptors (Lipinski definition) is 6. The van der Waals surface area contributed by atoms with Crippen LogP contribution in [0.4, 0.5) is 5.69 Å². The summed E-state index contributed by atoms with van der Waals surface area (Å²) in [5.74, 6) is 0.950. The third-order valence-electron chi connectivity index (χ3n) is 5.44. The van der Waals surface area contributed by atoms with Crippen molar-refractivity contribution in [3.63, 3.8) is 0 Å². The lowest BCUT2D eigenvalue weighted by Crippen LogP contribution is -2.41. The molecule has 9 heteroatoms. The molecule has 1 amide bonds. The smallest absolute Gasteiger partial charge is 0.264 e. The maximum absolute atomic E-state index is 13.6. The number of thioether (sulfide) groups is 1. The molecule has 0 aromatic heterocycles. The number of nitrogens with one attached hydrogen (secondary N) is 1. The number of ether oxygens (including phenoxy) is 2. The summed E-state index contributed by atoms with van der Waals surface area (Å²) in [4.78, 5) is 14.1. The molecule has 0 aliphatic carbocycles. The van der Waals surface area contributed by atoms with Gasteiger partial charge >= 0.3 is 0 Å². The second kappa shape index (κ2) is 12.7.